The van der Waals surface area contributed by atoms with Crippen molar-refractivity contribution in [2.45, 2.75) is 78.2 Å². The summed E-state index contributed by atoms with van der Waals surface area (Å²) in [5, 5.41) is 0. The minimum Gasteiger partial charge on any atom is -0.464 e. The summed E-state index contributed by atoms with van der Waals surface area (Å²) < 4.78 is 19.4. The van der Waals surface area contributed by atoms with Gasteiger partial charge in [0.2, 0.25) is 0 Å². The van der Waals surface area contributed by atoms with Gasteiger partial charge in [0.05, 0.1) is 23.9 Å². The zero-order valence-corrected chi connectivity index (χ0v) is 24.3. The van der Waals surface area contributed by atoms with Crippen LogP contribution in [0.2, 0.25) is 0 Å². The monoisotopic (exact) mass is 545 g/mol. The second-order valence-corrected chi connectivity index (χ2v) is 12.1. The summed E-state index contributed by atoms with van der Waals surface area (Å²) >= 11 is 0. The summed E-state index contributed by atoms with van der Waals surface area (Å²) in [5.74, 6) is 1.30. The number of benzene rings is 1. The van der Waals surface area contributed by atoms with Gasteiger partial charge in [-0.1, -0.05) is 0 Å². The average Bonchev–Trinajstić information content (AvgIpc) is 3.56. The fourth-order valence-electron chi connectivity index (χ4n) is 6.96. The number of H-pyrrole nitrogens is 1. The molecule has 8 nitrogen and oxygen atoms in total. The highest BCUT2D eigenvalue weighted by Crippen LogP contribution is 2.55. The third kappa shape index (κ3) is 4.33. The Morgan fingerprint density at radius 1 is 1.05 bits per heavy atom. The van der Waals surface area contributed by atoms with E-state index in [1.165, 1.54) is 0 Å². The van der Waals surface area contributed by atoms with Crippen LogP contribution in [-0.4, -0.2) is 53.2 Å². The van der Waals surface area contributed by atoms with Gasteiger partial charge in [-0.2, -0.15) is 0 Å². The summed E-state index contributed by atoms with van der Waals surface area (Å²) in [6.45, 7) is 8.54. The van der Waals surface area contributed by atoms with Gasteiger partial charge in [-0.05, 0) is 96.3 Å². The van der Waals surface area contributed by atoms with E-state index in [0.717, 1.165) is 53.6 Å². The maximum absolute atomic E-state index is 14.1. The van der Waals surface area contributed by atoms with Crippen molar-refractivity contribution in [2.24, 2.45) is 5.92 Å². The van der Waals surface area contributed by atoms with E-state index in [1.807, 2.05) is 45.9 Å². The number of ether oxygens (including phenoxy) is 2. The van der Waals surface area contributed by atoms with E-state index < -0.39 is 5.79 Å². The molecule has 0 spiro atoms. The van der Waals surface area contributed by atoms with E-state index in [4.69, 9.17) is 13.9 Å². The maximum Gasteiger partial charge on any atom is 0.254 e. The van der Waals surface area contributed by atoms with Crippen LogP contribution >= 0.6 is 0 Å². The fraction of sp³-hybridized carbons (Fsp3) is 0.500. The summed E-state index contributed by atoms with van der Waals surface area (Å²) in [5.41, 5.74) is 5.32. The second kappa shape index (κ2) is 9.84. The molecule has 2 aromatic heterocycles. The van der Waals surface area contributed by atoms with E-state index in [9.17, 15) is 9.59 Å². The minimum atomic E-state index is -0.815. The van der Waals surface area contributed by atoms with Crippen LogP contribution in [-0.2, 0) is 13.0 Å². The molecule has 3 aliphatic rings. The Hall–Kier alpha value is -3.52. The van der Waals surface area contributed by atoms with Gasteiger partial charge in [-0.25, -0.2) is 0 Å². The molecule has 4 heterocycles. The van der Waals surface area contributed by atoms with Crippen LogP contribution < -0.4 is 15.0 Å². The number of furan rings is 1. The Morgan fingerprint density at radius 2 is 1.77 bits per heavy atom. The van der Waals surface area contributed by atoms with Gasteiger partial charge in [0.15, 0.2) is 11.5 Å². The Kier molecular flexibility index (Phi) is 6.56. The SMILES string of the molecule is Cc1cc(C)c(CN2CCc3c(c(C)c4c(c3-c3ccco3)O[C@@](C)(C3CCC(N(C)C)CC3)O4)C2=O)c(=O)[nH]1. The average molecular weight is 546 g/mol. The molecule has 1 aromatic carbocycles. The second-order valence-electron chi connectivity index (χ2n) is 12.1. The number of rotatable bonds is 5. The first kappa shape index (κ1) is 26.7. The number of hydrogen-bond donors (Lipinski definition) is 1. The number of hydrogen-bond acceptors (Lipinski definition) is 6. The van der Waals surface area contributed by atoms with Crippen LogP contribution in [0, 0.1) is 26.7 Å². The zero-order valence-electron chi connectivity index (χ0n) is 24.3. The molecule has 0 unspecified atom stereocenters. The number of nitrogens with zero attached hydrogens (tertiary/aromatic N) is 2. The molecule has 1 saturated carbocycles. The minimum absolute atomic E-state index is 0.0996. The topological polar surface area (TPSA) is 88.0 Å². The molecule has 1 amide bonds. The molecule has 1 fully saturated rings. The van der Waals surface area contributed by atoms with Crippen LogP contribution in [0.15, 0.2) is 33.7 Å². The van der Waals surface area contributed by atoms with Crippen molar-refractivity contribution in [2.75, 3.05) is 20.6 Å². The van der Waals surface area contributed by atoms with E-state index >= 15 is 0 Å². The molecule has 0 saturated heterocycles. The Bertz CT molecular complexity index is 1510. The number of carbonyl (C=O) groups excluding carboxylic acids is 1. The lowest BCUT2D eigenvalue weighted by atomic mass is 9.81. The van der Waals surface area contributed by atoms with Gasteiger partial charge in [0.1, 0.15) is 5.76 Å². The first-order valence-corrected chi connectivity index (χ1v) is 14.3. The summed E-state index contributed by atoms with van der Waals surface area (Å²) in [6.07, 6.45) is 6.50. The number of aryl methyl sites for hydroxylation is 2. The predicted molar refractivity (Wildman–Crippen MR) is 153 cm³/mol. The van der Waals surface area contributed by atoms with Crippen LogP contribution in [0.25, 0.3) is 11.3 Å². The molecule has 0 radical (unpaired) electrons. The molecular weight excluding hydrogens is 506 g/mol. The quantitative estimate of drug-likeness (QED) is 0.464. The van der Waals surface area contributed by atoms with Gasteiger partial charge in [-0.15, -0.1) is 0 Å². The zero-order chi connectivity index (χ0) is 28.3. The maximum atomic E-state index is 14.1. The molecule has 1 N–H and O–H groups in total. The van der Waals surface area contributed by atoms with Crippen molar-refractivity contribution in [3.05, 3.63) is 68.3 Å². The smallest absolute Gasteiger partial charge is 0.254 e. The Morgan fingerprint density at radius 3 is 2.42 bits per heavy atom. The van der Waals surface area contributed by atoms with E-state index in [0.29, 0.717) is 47.4 Å². The molecule has 1 aliphatic carbocycles. The highest BCUT2D eigenvalue weighted by molar-refractivity contribution is 6.02. The molecule has 8 heteroatoms. The molecule has 1 atom stereocenters. The number of aromatic nitrogens is 1. The predicted octanol–water partition coefficient (Wildman–Crippen LogP) is 5.37. The standard InChI is InChI=1S/C32H39N3O5/c1-18-16-19(2)33-30(36)24(18)17-35-14-13-23-26(31(35)37)20(3)28-29(27(23)25-8-7-15-38-25)40-32(4,39-28)21-9-11-22(12-10-21)34(5)6/h7-8,15-16,21-22H,9-14,17H2,1-6H3,(H,33,36)/t21?,22?,32-/m0/s1. The van der Waals surface area contributed by atoms with Crippen molar-refractivity contribution in [1.29, 1.82) is 0 Å². The lowest BCUT2D eigenvalue weighted by Crippen LogP contribution is -2.46. The molecule has 6 rings (SSSR count). The van der Waals surface area contributed by atoms with Gasteiger partial charge in [0.25, 0.3) is 17.3 Å². The molecule has 3 aromatic rings. The van der Waals surface area contributed by atoms with E-state index in [1.54, 1.807) is 11.2 Å². The van der Waals surface area contributed by atoms with Crippen LogP contribution in [0.1, 0.15) is 70.9 Å². The van der Waals surface area contributed by atoms with Crippen LogP contribution in [0.4, 0.5) is 0 Å². The Balaban J connectivity index is 1.38. The number of carbonyl (C=O) groups is 1. The van der Waals surface area contributed by atoms with Gasteiger partial charge < -0.3 is 28.7 Å². The van der Waals surface area contributed by atoms with Crippen LogP contribution in [0.3, 0.4) is 0 Å². The van der Waals surface area contributed by atoms with E-state index in [2.05, 4.69) is 24.0 Å². The number of fused-ring (bicyclic) bond motifs is 2. The highest BCUT2D eigenvalue weighted by atomic mass is 16.7. The van der Waals surface area contributed by atoms with Gasteiger partial charge in [-0.3, -0.25) is 9.59 Å². The summed E-state index contributed by atoms with van der Waals surface area (Å²) in [7, 11) is 4.29. The molecule has 40 heavy (non-hydrogen) atoms. The summed E-state index contributed by atoms with van der Waals surface area (Å²) in [4.78, 5) is 33.8. The molecule has 0 bridgehead atoms. The largest absolute Gasteiger partial charge is 0.464 e. The summed E-state index contributed by atoms with van der Waals surface area (Å²) in [6, 6.07) is 6.29. The fourth-order valence-corrected chi connectivity index (χ4v) is 6.96. The highest BCUT2D eigenvalue weighted by Gasteiger charge is 2.49. The first-order chi connectivity index (χ1) is 19.1. The van der Waals surface area contributed by atoms with Crippen molar-refractivity contribution in [1.82, 2.24) is 14.8 Å². The Labute approximate surface area is 235 Å². The first-order valence-electron chi connectivity index (χ1n) is 14.3. The number of amides is 1. The number of nitrogens with one attached hydrogen (secondary N) is 1. The van der Waals surface area contributed by atoms with Crippen molar-refractivity contribution in [3.63, 3.8) is 0 Å². The van der Waals surface area contributed by atoms with Crippen molar-refractivity contribution >= 4 is 5.91 Å². The lowest BCUT2D eigenvalue weighted by Gasteiger charge is -2.39. The van der Waals surface area contributed by atoms with E-state index in [-0.39, 0.29) is 23.9 Å². The van der Waals surface area contributed by atoms with Gasteiger partial charge >= 0.3 is 0 Å². The number of aromatic amines is 1. The van der Waals surface area contributed by atoms with Gasteiger partial charge in [0, 0.05) is 42.2 Å². The molecule has 212 valence electrons. The van der Waals surface area contributed by atoms with Crippen molar-refractivity contribution in [3.8, 4) is 22.8 Å². The third-order valence-electron chi connectivity index (χ3n) is 9.27. The van der Waals surface area contributed by atoms with Crippen molar-refractivity contribution < 1.29 is 18.7 Å². The number of pyridine rings is 1. The normalized spacial score (nSPS) is 24.1. The molecular formula is C32H39N3O5. The lowest BCUT2D eigenvalue weighted by molar-refractivity contribution is -0.123. The van der Waals surface area contributed by atoms with Crippen LogP contribution in [0.5, 0.6) is 11.5 Å². The molecule has 2 aliphatic heterocycles. The third-order valence-corrected chi connectivity index (χ3v) is 9.27.